The van der Waals surface area contributed by atoms with Crippen molar-refractivity contribution < 1.29 is 5.11 Å². The molecule has 0 amide bonds. The Morgan fingerprint density at radius 1 is 1.00 bits per heavy atom. The first-order chi connectivity index (χ1) is 8.83. The van der Waals surface area contributed by atoms with Gasteiger partial charge in [0.05, 0.1) is 10.6 Å². The van der Waals surface area contributed by atoms with E-state index < -0.39 is 0 Å². The third kappa shape index (κ3) is 2.10. The van der Waals surface area contributed by atoms with E-state index in [2.05, 4.69) is 9.97 Å². The molecule has 0 saturated carbocycles. The highest BCUT2D eigenvalue weighted by atomic mass is 32.1. The zero-order valence-corrected chi connectivity index (χ0v) is 10.3. The number of phenolic OH excluding ortho intramolecular Hbond substituents is 1. The van der Waals surface area contributed by atoms with Crippen molar-refractivity contribution in [3.63, 3.8) is 0 Å². The third-order valence-corrected chi connectivity index (χ3v) is 3.45. The molecule has 4 heteroatoms. The van der Waals surface area contributed by atoms with Gasteiger partial charge in [0.1, 0.15) is 5.75 Å². The van der Waals surface area contributed by atoms with Gasteiger partial charge in [-0.15, -0.1) is 11.3 Å². The lowest BCUT2D eigenvalue weighted by molar-refractivity contribution is 0.475. The molecule has 18 heavy (non-hydrogen) atoms. The molecular weight excluding hydrogens is 244 g/mol. The molecule has 0 aliphatic rings. The van der Waals surface area contributed by atoms with E-state index >= 15 is 0 Å². The predicted octanol–water partition coefficient (Wildman–Crippen LogP) is 3.58. The molecule has 3 nitrogen and oxygen atoms in total. The van der Waals surface area contributed by atoms with E-state index in [-0.39, 0.29) is 5.75 Å². The summed E-state index contributed by atoms with van der Waals surface area (Å²) in [6, 6.07) is 12.8. The molecule has 0 aliphatic heterocycles. The Hall–Kier alpha value is -2.20. The van der Waals surface area contributed by atoms with Gasteiger partial charge < -0.3 is 5.11 Å². The van der Waals surface area contributed by atoms with Gasteiger partial charge in [0.2, 0.25) is 0 Å². The number of hydrogen-bond acceptors (Lipinski definition) is 4. The van der Waals surface area contributed by atoms with Crippen molar-refractivity contribution in [3.8, 4) is 27.7 Å². The molecule has 2 heterocycles. The fourth-order valence-electron chi connectivity index (χ4n) is 1.67. The van der Waals surface area contributed by atoms with Crippen molar-refractivity contribution >= 4 is 11.3 Å². The molecule has 0 aliphatic carbocycles. The summed E-state index contributed by atoms with van der Waals surface area (Å²) in [5, 5.41) is 11.3. The van der Waals surface area contributed by atoms with Crippen molar-refractivity contribution in [3.05, 3.63) is 54.0 Å². The number of thiophene rings is 1. The Bertz CT molecular complexity index is 648. The summed E-state index contributed by atoms with van der Waals surface area (Å²) >= 11 is 1.65. The summed E-state index contributed by atoms with van der Waals surface area (Å²) in [5.41, 5.74) is 1.81. The number of phenols is 1. The van der Waals surface area contributed by atoms with E-state index in [0.29, 0.717) is 5.82 Å². The molecule has 0 atom stereocenters. The average molecular weight is 254 g/mol. The molecule has 88 valence electrons. The zero-order valence-electron chi connectivity index (χ0n) is 9.45. The molecule has 1 N–H and O–H groups in total. The highest BCUT2D eigenvalue weighted by molar-refractivity contribution is 7.13. The first-order valence-electron chi connectivity index (χ1n) is 5.49. The molecular formula is C14H10N2OS. The van der Waals surface area contributed by atoms with Crippen LogP contribution in [0.1, 0.15) is 0 Å². The molecule has 0 spiro atoms. The van der Waals surface area contributed by atoms with Gasteiger partial charge in [-0.25, -0.2) is 9.97 Å². The third-order valence-electron chi connectivity index (χ3n) is 2.55. The Balaban J connectivity index is 2.03. The number of aromatic hydroxyl groups is 1. The van der Waals surface area contributed by atoms with Crippen LogP contribution in [0.15, 0.2) is 54.0 Å². The lowest BCUT2D eigenvalue weighted by Gasteiger charge is -2.02. The van der Waals surface area contributed by atoms with Crippen molar-refractivity contribution in [2.24, 2.45) is 0 Å². The molecule has 0 fully saturated rings. The van der Waals surface area contributed by atoms with Crippen LogP contribution in [0.4, 0.5) is 0 Å². The second-order valence-electron chi connectivity index (χ2n) is 3.79. The molecule has 0 unspecified atom stereocenters. The quantitative estimate of drug-likeness (QED) is 0.760. The van der Waals surface area contributed by atoms with Crippen LogP contribution in [-0.4, -0.2) is 15.1 Å². The fourth-order valence-corrected chi connectivity index (χ4v) is 2.37. The maximum Gasteiger partial charge on any atom is 0.159 e. The smallest absolute Gasteiger partial charge is 0.159 e. The van der Waals surface area contributed by atoms with E-state index in [1.54, 1.807) is 29.7 Å². The Morgan fingerprint density at radius 2 is 1.83 bits per heavy atom. The monoisotopic (exact) mass is 254 g/mol. The number of benzene rings is 1. The number of rotatable bonds is 2. The molecule has 3 rings (SSSR count). The van der Waals surface area contributed by atoms with Crippen molar-refractivity contribution in [1.29, 1.82) is 0 Å². The van der Waals surface area contributed by atoms with Crippen LogP contribution in [0, 0.1) is 0 Å². The number of hydrogen-bond donors (Lipinski definition) is 1. The lowest BCUT2D eigenvalue weighted by atomic mass is 10.2. The largest absolute Gasteiger partial charge is 0.508 e. The highest BCUT2D eigenvalue weighted by Gasteiger charge is 2.05. The Labute approximate surface area is 108 Å². The molecule has 0 bridgehead atoms. The number of aromatic nitrogens is 2. The summed E-state index contributed by atoms with van der Waals surface area (Å²) in [5.74, 6) is 0.911. The van der Waals surface area contributed by atoms with E-state index in [1.807, 2.05) is 35.7 Å². The Morgan fingerprint density at radius 3 is 2.56 bits per heavy atom. The SMILES string of the molecule is Oc1ccc(-c2nccc(-c3cccs3)n2)cc1. The second-order valence-corrected chi connectivity index (χ2v) is 4.74. The van der Waals surface area contributed by atoms with Crippen LogP contribution in [0.5, 0.6) is 5.75 Å². The molecule has 1 aromatic carbocycles. The molecule has 0 radical (unpaired) electrons. The van der Waals surface area contributed by atoms with Gasteiger partial charge in [-0.1, -0.05) is 6.07 Å². The summed E-state index contributed by atoms with van der Waals surface area (Å²) in [6.45, 7) is 0. The van der Waals surface area contributed by atoms with E-state index in [1.165, 1.54) is 0 Å². The average Bonchev–Trinajstić information content (AvgIpc) is 2.94. The number of nitrogens with zero attached hydrogens (tertiary/aromatic N) is 2. The van der Waals surface area contributed by atoms with Crippen molar-refractivity contribution in [2.75, 3.05) is 0 Å². The zero-order chi connectivity index (χ0) is 12.4. The van der Waals surface area contributed by atoms with E-state index in [0.717, 1.165) is 16.1 Å². The first-order valence-corrected chi connectivity index (χ1v) is 6.37. The van der Waals surface area contributed by atoms with Crippen molar-refractivity contribution in [1.82, 2.24) is 9.97 Å². The summed E-state index contributed by atoms with van der Waals surface area (Å²) in [4.78, 5) is 9.92. The predicted molar refractivity (Wildman–Crippen MR) is 72.4 cm³/mol. The van der Waals surface area contributed by atoms with Crippen LogP contribution >= 0.6 is 11.3 Å². The van der Waals surface area contributed by atoms with Gasteiger partial charge in [-0.05, 0) is 41.8 Å². The molecule has 0 saturated heterocycles. The van der Waals surface area contributed by atoms with Gasteiger partial charge in [-0.2, -0.15) is 0 Å². The highest BCUT2D eigenvalue weighted by Crippen LogP contribution is 2.25. The first kappa shape index (κ1) is 10.9. The van der Waals surface area contributed by atoms with Crippen LogP contribution in [-0.2, 0) is 0 Å². The van der Waals surface area contributed by atoms with Crippen LogP contribution in [0.3, 0.4) is 0 Å². The van der Waals surface area contributed by atoms with Crippen LogP contribution in [0.2, 0.25) is 0 Å². The topological polar surface area (TPSA) is 46.0 Å². The van der Waals surface area contributed by atoms with Crippen LogP contribution < -0.4 is 0 Å². The second kappa shape index (κ2) is 4.58. The van der Waals surface area contributed by atoms with Crippen LogP contribution in [0.25, 0.3) is 22.0 Å². The summed E-state index contributed by atoms with van der Waals surface area (Å²) < 4.78 is 0. The normalized spacial score (nSPS) is 10.4. The van der Waals surface area contributed by atoms with Gasteiger partial charge >= 0.3 is 0 Å². The van der Waals surface area contributed by atoms with Gasteiger partial charge in [0, 0.05) is 11.8 Å². The standard InChI is InChI=1S/C14H10N2OS/c17-11-5-3-10(4-6-11)14-15-8-7-12(16-14)13-2-1-9-18-13/h1-9,17H. The molecule has 3 aromatic rings. The molecule has 2 aromatic heterocycles. The van der Waals surface area contributed by atoms with E-state index in [4.69, 9.17) is 0 Å². The minimum Gasteiger partial charge on any atom is -0.508 e. The van der Waals surface area contributed by atoms with Gasteiger partial charge in [0.15, 0.2) is 5.82 Å². The van der Waals surface area contributed by atoms with Gasteiger partial charge in [0.25, 0.3) is 0 Å². The summed E-state index contributed by atoms with van der Waals surface area (Å²) in [7, 11) is 0. The Kier molecular flexibility index (Phi) is 2.78. The van der Waals surface area contributed by atoms with Gasteiger partial charge in [-0.3, -0.25) is 0 Å². The minimum absolute atomic E-state index is 0.244. The van der Waals surface area contributed by atoms with E-state index in [9.17, 15) is 5.11 Å². The lowest BCUT2D eigenvalue weighted by Crippen LogP contribution is -1.89. The fraction of sp³-hybridized carbons (Fsp3) is 0. The maximum atomic E-state index is 9.27. The minimum atomic E-state index is 0.244. The maximum absolute atomic E-state index is 9.27. The van der Waals surface area contributed by atoms with Crippen molar-refractivity contribution in [2.45, 2.75) is 0 Å². The summed E-state index contributed by atoms with van der Waals surface area (Å²) in [6.07, 6.45) is 1.75.